The van der Waals surface area contributed by atoms with Crippen LogP contribution in [0.2, 0.25) is 0 Å². The fourth-order valence-electron chi connectivity index (χ4n) is 2.99. The van der Waals surface area contributed by atoms with E-state index in [0.717, 1.165) is 16.5 Å². The molecule has 0 atom stereocenters. The Bertz CT molecular complexity index is 1020. The van der Waals surface area contributed by atoms with E-state index in [1.165, 1.54) is 7.11 Å². The average molecular weight is 379 g/mol. The van der Waals surface area contributed by atoms with E-state index >= 15 is 0 Å². The zero-order valence-electron chi connectivity index (χ0n) is 15.7. The van der Waals surface area contributed by atoms with Crippen molar-refractivity contribution < 1.29 is 19.1 Å². The molecule has 3 aromatic rings. The van der Waals surface area contributed by atoms with Gasteiger partial charge in [0.05, 0.1) is 19.1 Å². The van der Waals surface area contributed by atoms with Gasteiger partial charge in [-0.25, -0.2) is 4.79 Å². The maximum absolute atomic E-state index is 12.5. The first-order valence-corrected chi connectivity index (χ1v) is 8.77. The summed E-state index contributed by atoms with van der Waals surface area (Å²) in [5.74, 6) is -0.740. The molecule has 0 fully saturated rings. The Kier molecular flexibility index (Phi) is 5.74. The maximum atomic E-state index is 12.5. The minimum atomic E-state index is -0.443. The number of amides is 2. The lowest BCUT2D eigenvalue weighted by Gasteiger charge is -2.08. The van der Waals surface area contributed by atoms with Crippen LogP contribution >= 0.6 is 0 Å². The van der Waals surface area contributed by atoms with Crippen molar-refractivity contribution >= 4 is 34.4 Å². The Morgan fingerprint density at radius 3 is 2.39 bits per heavy atom. The number of carbonyl (C=O) groups excluding carboxylic acids is 3. The number of hydrogen-bond donors (Lipinski definition) is 2. The van der Waals surface area contributed by atoms with Crippen LogP contribution in [0.5, 0.6) is 0 Å². The molecule has 1 heterocycles. The predicted octanol–water partition coefficient (Wildman–Crippen LogP) is 2.36. The number of benzene rings is 2. The molecule has 3 rings (SSSR count). The highest BCUT2D eigenvalue weighted by Crippen LogP contribution is 2.22. The Balaban J connectivity index is 1.73. The minimum Gasteiger partial charge on any atom is -0.465 e. The first-order valence-electron chi connectivity index (χ1n) is 8.77. The topological polar surface area (TPSA) is 89.4 Å². The molecule has 0 aliphatic rings. The van der Waals surface area contributed by atoms with E-state index in [2.05, 4.69) is 10.6 Å². The van der Waals surface area contributed by atoms with Gasteiger partial charge in [-0.15, -0.1) is 0 Å². The molecule has 1 aromatic heterocycles. The highest BCUT2D eigenvalue weighted by Gasteiger charge is 2.16. The largest absolute Gasteiger partial charge is 0.465 e. The first-order chi connectivity index (χ1) is 13.5. The molecule has 7 heteroatoms. The molecule has 0 bridgehead atoms. The van der Waals surface area contributed by atoms with Crippen LogP contribution in [0.1, 0.15) is 15.9 Å². The van der Waals surface area contributed by atoms with Gasteiger partial charge in [-0.2, -0.15) is 0 Å². The molecule has 2 aromatic carbocycles. The summed E-state index contributed by atoms with van der Waals surface area (Å²) >= 11 is 0. The fourth-order valence-corrected chi connectivity index (χ4v) is 2.99. The van der Waals surface area contributed by atoms with Gasteiger partial charge in [0.25, 0.3) is 0 Å². The van der Waals surface area contributed by atoms with Crippen molar-refractivity contribution in [3.63, 3.8) is 0 Å². The number of nitrogens with one attached hydrogen (secondary N) is 2. The standard InChI is InChI=1S/C21H21N3O4/c1-22-19(25)11-14-7-9-15(10-8-14)23-20(26)13-24-12-17(21(27)28-2)16-5-3-4-6-18(16)24/h3-10,12H,11,13H2,1-2H3,(H,22,25)(H,23,26). The first kappa shape index (κ1) is 19.2. The number of carbonyl (C=O) groups is 3. The van der Waals surface area contributed by atoms with Gasteiger partial charge in [-0.05, 0) is 23.8 Å². The van der Waals surface area contributed by atoms with Crippen molar-refractivity contribution in [2.24, 2.45) is 0 Å². The van der Waals surface area contributed by atoms with Crippen LogP contribution < -0.4 is 10.6 Å². The minimum absolute atomic E-state index is 0.0531. The maximum Gasteiger partial charge on any atom is 0.340 e. The summed E-state index contributed by atoms with van der Waals surface area (Å²) in [7, 11) is 2.92. The second kappa shape index (κ2) is 8.39. The van der Waals surface area contributed by atoms with Crippen molar-refractivity contribution in [3.05, 3.63) is 65.9 Å². The lowest BCUT2D eigenvalue weighted by atomic mass is 10.1. The number of esters is 1. The smallest absolute Gasteiger partial charge is 0.340 e. The predicted molar refractivity (Wildman–Crippen MR) is 106 cm³/mol. The van der Waals surface area contributed by atoms with E-state index in [4.69, 9.17) is 4.74 Å². The second-order valence-corrected chi connectivity index (χ2v) is 6.27. The summed E-state index contributed by atoms with van der Waals surface area (Å²) in [5.41, 5.74) is 2.69. The molecular formula is C21H21N3O4. The number of methoxy groups -OCH3 is 1. The fraction of sp³-hybridized carbons (Fsp3) is 0.190. The van der Waals surface area contributed by atoms with E-state index < -0.39 is 5.97 Å². The Morgan fingerprint density at radius 2 is 1.71 bits per heavy atom. The van der Waals surface area contributed by atoms with Gasteiger partial charge >= 0.3 is 5.97 Å². The SMILES string of the molecule is CNC(=O)Cc1ccc(NC(=O)Cn2cc(C(=O)OC)c3ccccc32)cc1. The van der Waals surface area contributed by atoms with Gasteiger partial charge < -0.3 is 19.9 Å². The summed E-state index contributed by atoms with van der Waals surface area (Å²) in [6.45, 7) is 0.0531. The number of hydrogen-bond acceptors (Lipinski definition) is 4. The van der Waals surface area contributed by atoms with Crippen LogP contribution in [-0.2, 0) is 27.3 Å². The summed E-state index contributed by atoms with van der Waals surface area (Å²) < 4.78 is 6.54. The number of ether oxygens (including phenoxy) is 1. The van der Waals surface area contributed by atoms with Crippen LogP contribution in [0.25, 0.3) is 10.9 Å². The molecule has 0 aliphatic heterocycles. The number of fused-ring (bicyclic) bond motifs is 1. The van der Waals surface area contributed by atoms with Gasteiger partial charge in [0.1, 0.15) is 6.54 Å². The highest BCUT2D eigenvalue weighted by atomic mass is 16.5. The molecule has 0 unspecified atom stereocenters. The average Bonchev–Trinajstić information content (AvgIpc) is 3.07. The summed E-state index contributed by atoms with van der Waals surface area (Å²) in [6, 6.07) is 14.5. The molecule has 0 saturated carbocycles. The molecule has 2 amide bonds. The summed E-state index contributed by atoms with van der Waals surface area (Å²) in [5, 5.41) is 6.13. The van der Waals surface area contributed by atoms with Gasteiger partial charge in [-0.1, -0.05) is 30.3 Å². The van der Waals surface area contributed by atoms with Gasteiger partial charge in [0.15, 0.2) is 0 Å². The molecule has 0 spiro atoms. The normalized spacial score (nSPS) is 10.5. The number of likely N-dealkylation sites (N-methyl/N-ethyl adjacent to an activating group) is 1. The zero-order valence-corrected chi connectivity index (χ0v) is 15.7. The lowest BCUT2D eigenvalue weighted by Crippen LogP contribution is -2.20. The van der Waals surface area contributed by atoms with Crippen LogP contribution in [0.4, 0.5) is 5.69 Å². The van der Waals surface area contributed by atoms with Crippen LogP contribution in [0, 0.1) is 0 Å². The van der Waals surface area contributed by atoms with Gasteiger partial charge in [0.2, 0.25) is 11.8 Å². The number of para-hydroxylation sites is 1. The third kappa shape index (κ3) is 4.20. The molecule has 144 valence electrons. The monoisotopic (exact) mass is 379 g/mol. The van der Waals surface area contributed by atoms with Crippen molar-refractivity contribution in [1.29, 1.82) is 0 Å². The molecule has 0 saturated heterocycles. The molecular weight excluding hydrogens is 358 g/mol. The molecule has 0 aliphatic carbocycles. The van der Waals surface area contributed by atoms with E-state index in [9.17, 15) is 14.4 Å². The van der Waals surface area contributed by atoms with Crippen molar-refractivity contribution in [3.8, 4) is 0 Å². The van der Waals surface area contributed by atoms with E-state index in [0.29, 0.717) is 11.3 Å². The zero-order chi connectivity index (χ0) is 20.1. The van der Waals surface area contributed by atoms with Crippen molar-refractivity contribution in [2.75, 3.05) is 19.5 Å². The number of rotatable bonds is 6. The van der Waals surface area contributed by atoms with Gasteiger partial charge in [0, 0.05) is 29.8 Å². The third-order valence-corrected chi connectivity index (χ3v) is 4.39. The van der Waals surface area contributed by atoms with E-state index in [1.54, 1.807) is 42.1 Å². The third-order valence-electron chi connectivity index (χ3n) is 4.39. The lowest BCUT2D eigenvalue weighted by molar-refractivity contribution is -0.120. The van der Waals surface area contributed by atoms with Crippen LogP contribution in [0.15, 0.2) is 54.7 Å². The van der Waals surface area contributed by atoms with Crippen molar-refractivity contribution in [2.45, 2.75) is 13.0 Å². The Hall–Kier alpha value is -3.61. The van der Waals surface area contributed by atoms with E-state index in [1.807, 2.05) is 24.3 Å². The number of anilines is 1. The summed E-state index contributed by atoms with van der Waals surface area (Å²) in [6.07, 6.45) is 1.92. The molecule has 7 nitrogen and oxygen atoms in total. The number of aromatic nitrogens is 1. The Morgan fingerprint density at radius 1 is 1.00 bits per heavy atom. The molecule has 2 N–H and O–H groups in total. The Labute approximate surface area is 162 Å². The quantitative estimate of drug-likeness (QED) is 0.644. The highest BCUT2D eigenvalue weighted by molar-refractivity contribution is 6.05. The van der Waals surface area contributed by atoms with Gasteiger partial charge in [-0.3, -0.25) is 9.59 Å². The van der Waals surface area contributed by atoms with Crippen molar-refractivity contribution in [1.82, 2.24) is 9.88 Å². The molecule has 0 radical (unpaired) electrons. The van der Waals surface area contributed by atoms with E-state index in [-0.39, 0.29) is 24.8 Å². The summed E-state index contributed by atoms with van der Waals surface area (Å²) in [4.78, 5) is 35.9. The second-order valence-electron chi connectivity index (χ2n) is 6.27. The molecule has 28 heavy (non-hydrogen) atoms. The number of nitrogens with zero attached hydrogens (tertiary/aromatic N) is 1. The van der Waals surface area contributed by atoms with Crippen LogP contribution in [-0.4, -0.2) is 36.5 Å². The van der Waals surface area contributed by atoms with Crippen LogP contribution in [0.3, 0.4) is 0 Å².